The first kappa shape index (κ1) is 9.45. The van der Waals surface area contributed by atoms with Gasteiger partial charge < -0.3 is 10.0 Å². The number of aliphatic carboxylic acids is 1. The largest absolute Gasteiger partial charge is 0.481 e. The van der Waals surface area contributed by atoms with E-state index in [1.807, 2.05) is 5.38 Å². The van der Waals surface area contributed by atoms with Gasteiger partial charge in [0.2, 0.25) is 0 Å². The predicted molar refractivity (Wildman–Crippen MR) is 54.7 cm³/mol. The van der Waals surface area contributed by atoms with Gasteiger partial charge in [-0.2, -0.15) is 0 Å². The molecule has 1 aromatic rings. The number of thiazole rings is 1. The Morgan fingerprint density at radius 3 is 3.21 bits per heavy atom. The first-order valence-corrected chi connectivity index (χ1v) is 5.52. The quantitative estimate of drug-likeness (QED) is 0.806. The highest BCUT2D eigenvalue weighted by molar-refractivity contribution is 7.13. The minimum atomic E-state index is -0.689. The van der Waals surface area contributed by atoms with Crippen molar-refractivity contribution in [3.63, 3.8) is 0 Å². The van der Waals surface area contributed by atoms with Gasteiger partial charge in [-0.3, -0.25) is 4.79 Å². The lowest BCUT2D eigenvalue weighted by Gasteiger charge is -2.30. The average Bonchev–Trinajstić information content (AvgIpc) is 2.71. The molecule has 1 saturated heterocycles. The minimum Gasteiger partial charge on any atom is -0.481 e. The molecular weight excluding hydrogens is 200 g/mol. The van der Waals surface area contributed by atoms with Gasteiger partial charge in [-0.25, -0.2) is 4.98 Å². The molecule has 14 heavy (non-hydrogen) atoms. The molecule has 0 unspecified atom stereocenters. The number of piperidine rings is 1. The molecule has 4 nitrogen and oxygen atoms in total. The molecule has 76 valence electrons. The van der Waals surface area contributed by atoms with E-state index in [1.165, 1.54) is 0 Å². The molecule has 0 saturated carbocycles. The molecule has 1 fully saturated rings. The number of carbonyl (C=O) groups is 1. The molecule has 1 N–H and O–H groups in total. The van der Waals surface area contributed by atoms with Crippen molar-refractivity contribution in [3.05, 3.63) is 11.6 Å². The molecule has 2 rings (SSSR count). The van der Waals surface area contributed by atoms with Crippen LogP contribution in [-0.2, 0) is 4.79 Å². The fraction of sp³-hybridized carbons (Fsp3) is 0.556. The van der Waals surface area contributed by atoms with Crippen LogP contribution in [0.25, 0.3) is 0 Å². The Balaban J connectivity index is 2.04. The topological polar surface area (TPSA) is 53.4 Å². The summed E-state index contributed by atoms with van der Waals surface area (Å²) in [6.45, 7) is 1.53. The summed E-state index contributed by atoms with van der Waals surface area (Å²) in [7, 11) is 0. The molecule has 0 aliphatic carbocycles. The standard InChI is InChI=1S/C9H12N2O2S/c12-8(13)7-2-1-4-11(6-7)9-10-3-5-14-9/h3,5,7H,1-2,4,6H2,(H,12,13)/t7-/m0/s1. The Kier molecular flexibility index (Phi) is 2.67. The molecule has 1 aliphatic rings. The first-order valence-electron chi connectivity index (χ1n) is 4.64. The summed E-state index contributed by atoms with van der Waals surface area (Å²) >= 11 is 1.57. The zero-order chi connectivity index (χ0) is 9.97. The van der Waals surface area contributed by atoms with E-state index < -0.39 is 5.97 Å². The molecule has 0 amide bonds. The van der Waals surface area contributed by atoms with Gasteiger partial charge in [0.05, 0.1) is 5.92 Å². The smallest absolute Gasteiger partial charge is 0.308 e. The van der Waals surface area contributed by atoms with Crippen molar-refractivity contribution in [1.29, 1.82) is 0 Å². The van der Waals surface area contributed by atoms with Crippen LogP contribution in [0.4, 0.5) is 5.13 Å². The third-order valence-corrected chi connectivity index (χ3v) is 3.29. The van der Waals surface area contributed by atoms with Crippen LogP contribution < -0.4 is 4.90 Å². The van der Waals surface area contributed by atoms with E-state index in [9.17, 15) is 4.79 Å². The van der Waals surface area contributed by atoms with E-state index in [-0.39, 0.29) is 5.92 Å². The highest BCUT2D eigenvalue weighted by Crippen LogP contribution is 2.24. The third kappa shape index (κ3) is 1.87. The number of rotatable bonds is 2. The van der Waals surface area contributed by atoms with Gasteiger partial charge in [0.25, 0.3) is 0 Å². The normalized spacial score (nSPS) is 22.3. The lowest BCUT2D eigenvalue weighted by atomic mass is 9.99. The summed E-state index contributed by atoms with van der Waals surface area (Å²) in [6.07, 6.45) is 3.48. The maximum absolute atomic E-state index is 10.8. The average molecular weight is 212 g/mol. The van der Waals surface area contributed by atoms with Gasteiger partial charge in [-0.05, 0) is 12.8 Å². The van der Waals surface area contributed by atoms with Crippen molar-refractivity contribution in [1.82, 2.24) is 4.98 Å². The lowest BCUT2D eigenvalue weighted by molar-refractivity contribution is -0.141. The molecule has 1 aromatic heterocycles. The van der Waals surface area contributed by atoms with Crippen molar-refractivity contribution in [2.45, 2.75) is 12.8 Å². The fourth-order valence-corrected chi connectivity index (χ4v) is 2.40. The molecule has 0 aromatic carbocycles. The second-order valence-corrected chi connectivity index (χ2v) is 4.31. The number of carboxylic acid groups (broad SMARTS) is 1. The number of carboxylic acids is 1. The van der Waals surface area contributed by atoms with Crippen LogP contribution in [0.5, 0.6) is 0 Å². The van der Waals surface area contributed by atoms with Crippen LogP contribution in [0.3, 0.4) is 0 Å². The van der Waals surface area contributed by atoms with Crippen molar-refractivity contribution in [2.24, 2.45) is 5.92 Å². The summed E-state index contributed by atoms with van der Waals surface area (Å²) in [5, 5.41) is 11.8. The van der Waals surface area contributed by atoms with E-state index >= 15 is 0 Å². The Bertz CT molecular complexity index is 313. The summed E-state index contributed by atoms with van der Waals surface area (Å²) in [5.74, 6) is -0.918. The van der Waals surface area contributed by atoms with Crippen molar-refractivity contribution in [2.75, 3.05) is 18.0 Å². The number of hydrogen-bond acceptors (Lipinski definition) is 4. The molecule has 1 aliphatic heterocycles. The van der Waals surface area contributed by atoms with E-state index in [1.54, 1.807) is 17.5 Å². The molecular formula is C9H12N2O2S. The van der Waals surface area contributed by atoms with Crippen molar-refractivity contribution >= 4 is 22.4 Å². The molecule has 2 heterocycles. The number of anilines is 1. The van der Waals surface area contributed by atoms with Gasteiger partial charge in [0.1, 0.15) is 0 Å². The van der Waals surface area contributed by atoms with Gasteiger partial charge in [-0.15, -0.1) is 11.3 Å². The highest BCUT2D eigenvalue weighted by Gasteiger charge is 2.26. The summed E-state index contributed by atoms with van der Waals surface area (Å²) < 4.78 is 0. The SMILES string of the molecule is O=C(O)[C@H]1CCCN(c2nccs2)C1. The Hall–Kier alpha value is -1.10. The van der Waals surface area contributed by atoms with Crippen LogP contribution >= 0.6 is 11.3 Å². The van der Waals surface area contributed by atoms with Gasteiger partial charge in [0, 0.05) is 24.7 Å². The zero-order valence-electron chi connectivity index (χ0n) is 7.72. The summed E-state index contributed by atoms with van der Waals surface area (Å²) in [4.78, 5) is 17.1. The monoisotopic (exact) mass is 212 g/mol. The molecule has 1 atom stereocenters. The van der Waals surface area contributed by atoms with E-state index in [4.69, 9.17) is 5.11 Å². The van der Waals surface area contributed by atoms with E-state index in [0.717, 1.165) is 24.5 Å². The minimum absolute atomic E-state index is 0.229. The van der Waals surface area contributed by atoms with Crippen LogP contribution in [0.1, 0.15) is 12.8 Å². The molecule has 0 radical (unpaired) electrons. The zero-order valence-corrected chi connectivity index (χ0v) is 8.54. The second kappa shape index (κ2) is 3.96. The van der Waals surface area contributed by atoms with Gasteiger partial charge in [0.15, 0.2) is 5.13 Å². The maximum Gasteiger partial charge on any atom is 0.308 e. The maximum atomic E-state index is 10.8. The lowest BCUT2D eigenvalue weighted by Crippen LogP contribution is -2.38. The molecule has 5 heteroatoms. The Morgan fingerprint density at radius 2 is 2.57 bits per heavy atom. The highest BCUT2D eigenvalue weighted by atomic mass is 32.1. The number of nitrogens with zero attached hydrogens (tertiary/aromatic N) is 2. The van der Waals surface area contributed by atoms with Crippen molar-refractivity contribution < 1.29 is 9.90 Å². The number of aromatic nitrogens is 1. The summed E-state index contributed by atoms with van der Waals surface area (Å²) in [6, 6.07) is 0. The number of hydrogen-bond donors (Lipinski definition) is 1. The van der Waals surface area contributed by atoms with E-state index in [2.05, 4.69) is 9.88 Å². The molecule has 0 bridgehead atoms. The van der Waals surface area contributed by atoms with E-state index in [0.29, 0.717) is 6.54 Å². The Labute approximate surface area is 86.2 Å². The van der Waals surface area contributed by atoms with Crippen LogP contribution in [-0.4, -0.2) is 29.1 Å². The van der Waals surface area contributed by atoms with Gasteiger partial charge in [-0.1, -0.05) is 0 Å². The first-order chi connectivity index (χ1) is 6.77. The third-order valence-electron chi connectivity index (χ3n) is 2.46. The van der Waals surface area contributed by atoms with Gasteiger partial charge >= 0.3 is 5.97 Å². The predicted octanol–water partition coefficient (Wildman–Crippen LogP) is 1.44. The van der Waals surface area contributed by atoms with Crippen LogP contribution in [0.15, 0.2) is 11.6 Å². The molecule has 0 spiro atoms. The van der Waals surface area contributed by atoms with Crippen molar-refractivity contribution in [3.8, 4) is 0 Å². The van der Waals surface area contributed by atoms with Crippen LogP contribution in [0, 0.1) is 5.92 Å². The Morgan fingerprint density at radius 1 is 1.71 bits per heavy atom. The fourth-order valence-electron chi connectivity index (χ4n) is 1.72. The second-order valence-electron chi connectivity index (χ2n) is 3.44. The summed E-state index contributed by atoms with van der Waals surface area (Å²) in [5.41, 5.74) is 0. The van der Waals surface area contributed by atoms with Crippen LogP contribution in [0.2, 0.25) is 0 Å².